The second-order valence-electron chi connectivity index (χ2n) is 6.69. The highest BCUT2D eigenvalue weighted by atomic mass is 16.4. The van der Waals surface area contributed by atoms with Gasteiger partial charge >= 0.3 is 6.09 Å². The Kier molecular flexibility index (Phi) is 3.76. The van der Waals surface area contributed by atoms with Gasteiger partial charge in [0.05, 0.1) is 29.8 Å². The molecule has 2 aromatic rings. The van der Waals surface area contributed by atoms with Gasteiger partial charge in [-0.2, -0.15) is 0 Å². The van der Waals surface area contributed by atoms with Crippen LogP contribution in [0.3, 0.4) is 0 Å². The molecule has 2 aliphatic rings. The van der Waals surface area contributed by atoms with Crippen LogP contribution in [-0.4, -0.2) is 43.7 Å². The molecule has 1 fully saturated rings. The van der Waals surface area contributed by atoms with Gasteiger partial charge in [0.2, 0.25) is 0 Å². The van der Waals surface area contributed by atoms with Crippen molar-refractivity contribution in [3.05, 3.63) is 41.2 Å². The first-order chi connectivity index (χ1) is 11.6. The molecule has 2 aromatic heterocycles. The highest BCUT2D eigenvalue weighted by Gasteiger charge is 2.27. The molecule has 0 radical (unpaired) electrons. The average Bonchev–Trinajstić information content (AvgIpc) is 3.15. The van der Waals surface area contributed by atoms with Gasteiger partial charge in [-0.3, -0.25) is 4.40 Å². The van der Waals surface area contributed by atoms with E-state index in [2.05, 4.69) is 17.1 Å². The fourth-order valence-electron chi connectivity index (χ4n) is 4.02. The number of hydrogen-bond acceptors (Lipinski definition) is 3. The molecular formula is C18H21N3O3. The van der Waals surface area contributed by atoms with Gasteiger partial charge in [-0.25, -0.2) is 9.78 Å². The molecule has 1 saturated heterocycles. The van der Waals surface area contributed by atoms with Crippen molar-refractivity contribution >= 4 is 17.7 Å². The van der Waals surface area contributed by atoms with Crippen LogP contribution in [0.4, 0.5) is 4.79 Å². The van der Waals surface area contributed by atoms with Crippen LogP contribution in [-0.2, 0) is 6.42 Å². The molecule has 6 nitrogen and oxygen atoms in total. The number of hydrogen-bond donors (Lipinski definition) is 2. The van der Waals surface area contributed by atoms with Gasteiger partial charge in [-0.05, 0) is 37.2 Å². The fourth-order valence-corrected chi connectivity index (χ4v) is 4.02. The zero-order chi connectivity index (χ0) is 16.7. The first-order valence-corrected chi connectivity index (χ1v) is 8.44. The number of carbonyl (C=O) groups is 1. The Balaban J connectivity index is 1.56. The topological polar surface area (TPSA) is 78.1 Å². The van der Waals surface area contributed by atoms with E-state index in [1.807, 2.05) is 16.7 Å². The second-order valence-corrected chi connectivity index (χ2v) is 6.69. The zero-order valence-electron chi connectivity index (χ0n) is 13.4. The molecule has 6 heteroatoms. The van der Waals surface area contributed by atoms with E-state index in [-0.39, 0.29) is 0 Å². The molecule has 0 spiro atoms. The smallest absolute Gasteiger partial charge is 0.407 e. The van der Waals surface area contributed by atoms with Gasteiger partial charge in [0.15, 0.2) is 0 Å². The third-order valence-electron chi connectivity index (χ3n) is 5.29. The second kappa shape index (κ2) is 5.94. The van der Waals surface area contributed by atoms with Gasteiger partial charge in [-0.15, -0.1) is 0 Å². The van der Waals surface area contributed by atoms with Crippen molar-refractivity contribution < 1.29 is 15.0 Å². The highest BCUT2D eigenvalue weighted by Crippen LogP contribution is 2.31. The Morgan fingerprint density at radius 2 is 2.17 bits per heavy atom. The molecule has 0 saturated carbocycles. The summed E-state index contributed by atoms with van der Waals surface area (Å²) in [6.07, 6.45) is 11.6. The van der Waals surface area contributed by atoms with Crippen molar-refractivity contribution in [3.63, 3.8) is 0 Å². The molecule has 1 aliphatic heterocycles. The quantitative estimate of drug-likeness (QED) is 0.900. The summed E-state index contributed by atoms with van der Waals surface area (Å²) in [5, 5.41) is 21.1. The van der Waals surface area contributed by atoms with E-state index in [4.69, 9.17) is 5.11 Å². The van der Waals surface area contributed by atoms with Crippen molar-refractivity contribution in [1.29, 1.82) is 0 Å². The van der Waals surface area contributed by atoms with Crippen LogP contribution in [0.1, 0.15) is 36.6 Å². The molecule has 4 rings (SSSR count). The minimum atomic E-state index is -0.846. The van der Waals surface area contributed by atoms with Gasteiger partial charge in [0.1, 0.15) is 0 Å². The van der Waals surface area contributed by atoms with E-state index in [1.165, 1.54) is 10.5 Å². The van der Waals surface area contributed by atoms with Crippen molar-refractivity contribution in [3.8, 4) is 0 Å². The first kappa shape index (κ1) is 15.2. The Hall–Kier alpha value is -2.34. The summed E-state index contributed by atoms with van der Waals surface area (Å²) < 4.78 is 2.01. The van der Waals surface area contributed by atoms with Crippen LogP contribution in [0.25, 0.3) is 11.6 Å². The van der Waals surface area contributed by atoms with Crippen molar-refractivity contribution in [1.82, 2.24) is 14.3 Å². The van der Waals surface area contributed by atoms with E-state index in [9.17, 15) is 9.90 Å². The van der Waals surface area contributed by atoms with Crippen LogP contribution >= 0.6 is 0 Å². The van der Waals surface area contributed by atoms with Gasteiger partial charge in [-0.1, -0.05) is 18.2 Å². The summed E-state index contributed by atoms with van der Waals surface area (Å²) in [7, 11) is 0. The summed E-state index contributed by atoms with van der Waals surface area (Å²) in [4.78, 5) is 16.7. The number of aromatic nitrogens is 2. The molecule has 3 heterocycles. The van der Waals surface area contributed by atoms with E-state index >= 15 is 0 Å². The number of rotatable bonds is 3. The maximum Gasteiger partial charge on any atom is 0.407 e. The van der Waals surface area contributed by atoms with Gasteiger partial charge in [0.25, 0.3) is 0 Å². The number of allylic oxidation sites excluding steroid dienone is 2. The van der Waals surface area contributed by atoms with Crippen LogP contribution in [0.15, 0.2) is 24.7 Å². The number of fused-ring (bicyclic) bond motifs is 3. The number of imidazole rings is 1. The Labute approximate surface area is 139 Å². The molecule has 0 aromatic carbocycles. The van der Waals surface area contributed by atoms with Crippen molar-refractivity contribution in [2.45, 2.75) is 31.8 Å². The maximum absolute atomic E-state index is 11.0. The van der Waals surface area contributed by atoms with Crippen LogP contribution < -0.4 is 5.22 Å². The Morgan fingerprint density at radius 3 is 2.92 bits per heavy atom. The van der Waals surface area contributed by atoms with Crippen molar-refractivity contribution in [2.75, 3.05) is 13.1 Å². The third-order valence-corrected chi connectivity index (χ3v) is 5.29. The lowest BCUT2D eigenvalue weighted by atomic mass is 9.89. The molecular weight excluding hydrogens is 306 g/mol. The molecule has 1 amide bonds. The van der Waals surface area contributed by atoms with Crippen molar-refractivity contribution in [2.24, 2.45) is 5.92 Å². The number of aliphatic hydroxyl groups is 1. The monoisotopic (exact) mass is 327 g/mol. The van der Waals surface area contributed by atoms with Crippen LogP contribution in [0.5, 0.6) is 0 Å². The fraction of sp³-hybridized carbons (Fsp3) is 0.444. The zero-order valence-corrected chi connectivity index (χ0v) is 13.4. The number of likely N-dealkylation sites (tertiary alicyclic amines) is 1. The Bertz CT molecular complexity index is 847. The summed E-state index contributed by atoms with van der Waals surface area (Å²) in [6.45, 7) is 1.12. The van der Waals surface area contributed by atoms with E-state index in [0.29, 0.717) is 25.4 Å². The predicted octanol–water partition coefficient (Wildman–Crippen LogP) is 1.76. The average molecular weight is 327 g/mol. The van der Waals surface area contributed by atoms with Crippen LogP contribution in [0.2, 0.25) is 0 Å². The largest absolute Gasteiger partial charge is 0.465 e. The van der Waals surface area contributed by atoms with Crippen LogP contribution in [0, 0.1) is 5.92 Å². The maximum atomic E-state index is 11.0. The minimum absolute atomic E-state index is 0.350. The standard InChI is InChI=1S/C18H21N3O3/c22-16(9-12-5-7-20(8-6-12)18(23)24)17-14-4-2-1-3-13(14)15-10-19-11-21(15)17/h1-3,10-12,16,22H,4-9H2,(H,23,24). The van der Waals surface area contributed by atoms with Gasteiger partial charge < -0.3 is 15.1 Å². The Morgan fingerprint density at radius 1 is 1.38 bits per heavy atom. The summed E-state index contributed by atoms with van der Waals surface area (Å²) >= 11 is 0. The minimum Gasteiger partial charge on any atom is -0.465 e. The van der Waals surface area contributed by atoms with E-state index in [1.54, 1.807) is 6.33 Å². The summed E-state index contributed by atoms with van der Waals surface area (Å²) in [6, 6.07) is 0. The highest BCUT2D eigenvalue weighted by molar-refractivity contribution is 5.65. The number of nitrogens with zero attached hydrogens (tertiary/aromatic N) is 3. The lowest BCUT2D eigenvalue weighted by molar-refractivity contribution is 0.0958. The molecule has 1 unspecified atom stereocenters. The first-order valence-electron chi connectivity index (χ1n) is 8.44. The molecule has 126 valence electrons. The molecule has 24 heavy (non-hydrogen) atoms. The molecule has 1 aliphatic carbocycles. The van der Waals surface area contributed by atoms with E-state index in [0.717, 1.165) is 35.7 Å². The third kappa shape index (κ3) is 2.47. The molecule has 1 atom stereocenters. The number of aliphatic hydroxyl groups excluding tert-OH is 1. The lowest BCUT2D eigenvalue weighted by Crippen LogP contribution is -2.37. The molecule has 2 N–H and O–H groups in total. The molecule has 0 bridgehead atoms. The van der Waals surface area contributed by atoms with Gasteiger partial charge in [0, 0.05) is 18.3 Å². The summed E-state index contributed by atoms with van der Waals surface area (Å²) in [5.41, 5.74) is 3.17. The normalized spacial score (nSPS) is 19.3. The number of piperidine rings is 1. The lowest BCUT2D eigenvalue weighted by Gasteiger charge is -2.31. The predicted molar refractivity (Wildman–Crippen MR) is 89.6 cm³/mol. The summed E-state index contributed by atoms with van der Waals surface area (Å²) in [5.74, 6) is 0.350. The SMILES string of the molecule is O=C(O)N1CCC(CC(O)c2c3c(c4cncn24)=CC=CC3)CC1. The number of carboxylic acid groups (broad SMARTS) is 1. The van der Waals surface area contributed by atoms with E-state index < -0.39 is 12.2 Å². The number of amides is 1.